The topological polar surface area (TPSA) is 78.2 Å². The van der Waals surface area contributed by atoms with E-state index >= 15 is 0 Å². The molecule has 0 bridgehead atoms. The minimum absolute atomic E-state index is 0.255. The van der Waals surface area contributed by atoms with Gasteiger partial charge < -0.3 is 10.1 Å². The van der Waals surface area contributed by atoms with Gasteiger partial charge in [-0.05, 0) is 25.0 Å². The van der Waals surface area contributed by atoms with Gasteiger partial charge in [-0.1, -0.05) is 12.1 Å². The SMILES string of the molecule is Cn1nc2n(c1=O)CCC(NC(=O)c1ccccc1OC(F)(F)C(F)F)CC2. The first-order valence-corrected chi connectivity index (χ1v) is 8.56. The highest BCUT2D eigenvalue weighted by molar-refractivity contribution is 5.97. The van der Waals surface area contributed by atoms with Crippen molar-refractivity contribution in [2.45, 2.75) is 44.4 Å². The van der Waals surface area contributed by atoms with E-state index in [4.69, 9.17) is 0 Å². The van der Waals surface area contributed by atoms with Gasteiger partial charge in [0.15, 0.2) is 0 Å². The van der Waals surface area contributed by atoms with Crippen LogP contribution in [0.4, 0.5) is 17.6 Å². The van der Waals surface area contributed by atoms with E-state index in [2.05, 4.69) is 15.2 Å². The molecule has 152 valence electrons. The number of alkyl halides is 4. The summed E-state index contributed by atoms with van der Waals surface area (Å²) < 4.78 is 58.1. The molecule has 1 atom stereocenters. The Morgan fingerprint density at radius 2 is 2.04 bits per heavy atom. The molecule has 3 rings (SSSR count). The van der Waals surface area contributed by atoms with Crippen LogP contribution in [0, 0.1) is 0 Å². The van der Waals surface area contributed by atoms with Crippen molar-refractivity contribution in [3.63, 3.8) is 0 Å². The third kappa shape index (κ3) is 4.02. The third-order valence-corrected chi connectivity index (χ3v) is 4.47. The number of para-hydroxylation sites is 1. The van der Waals surface area contributed by atoms with E-state index in [1.54, 1.807) is 7.05 Å². The molecule has 0 saturated heterocycles. The predicted octanol–water partition coefficient (Wildman–Crippen LogP) is 1.95. The first-order chi connectivity index (χ1) is 13.2. The second kappa shape index (κ2) is 7.64. The molecule has 1 aromatic carbocycles. The van der Waals surface area contributed by atoms with Crippen molar-refractivity contribution in [3.05, 3.63) is 46.1 Å². The number of carbonyl (C=O) groups excluding carboxylic acids is 1. The molecule has 0 fully saturated rings. The maximum Gasteiger partial charge on any atom is 0.461 e. The Morgan fingerprint density at radius 1 is 1.32 bits per heavy atom. The Balaban J connectivity index is 1.71. The lowest BCUT2D eigenvalue weighted by Crippen LogP contribution is -2.37. The first kappa shape index (κ1) is 19.9. The molecular formula is C17H18F4N4O3. The van der Waals surface area contributed by atoms with Crippen LogP contribution < -0.4 is 15.7 Å². The summed E-state index contributed by atoms with van der Waals surface area (Å²) in [5, 5.41) is 6.82. The fourth-order valence-corrected chi connectivity index (χ4v) is 3.04. The molecular weight excluding hydrogens is 384 g/mol. The summed E-state index contributed by atoms with van der Waals surface area (Å²) in [6.07, 6.45) is -7.38. The van der Waals surface area contributed by atoms with Gasteiger partial charge in [-0.2, -0.15) is 22.7 Å². The molecule has 2 heterocycles. The minimum Gasteiger partial charge on any atom is -0.427 e. The zero-order valence-electron chi connectivity index (χ0n) is 14.9. The fraction of sp³-hybridized carbons (Fsp3) is 0.471. The summed E-state index contributed by atoms with van der Waals surface area (Å²) in [4.78, 5) is 24.5. The number of nitrogens with one attached hydrogen (secondary N) is 1. The largest absolute Gasteiger partial charge is 0.461 e. The monoisotopic (exact) mass is 402 g/mol. The van der Waals surface area contributed by atoms with Crippen LogP contribution in [0.5, 0.6) is 5.75 Å². The van der Waals surface area contributed by atoms with E-state index in [9.17, 15) is 27.2 Å². The van der Waals surface area contributed by atoms with Crippen molar-refractivity contribution in [1.29, 1.82) is 0 Å². The number of carbonyl (C=O) groups is 1. The van der Waals surface area contributed by atoms with Crippen LogP contribution in [-0.4, -0.2) is 38.8 Å². The van der Waals surface area contributed by atoms with Gasteiger partial charge >= 0.3 is 18.2 Å². The molecule has 1 aliphatic heterocycles. The van der Waals surface area contributed by atoms with Crippen molar-refractivity contribution in [2.75, 3.05) is 0 Å². The lowest BCUT2D eigenvalue weighted by Gasteiger charge is -2.20. The van der Waals surface area contributed by atoms with Gasteiger partial charge in [0.05, 0.1) is 5.56 Å². The molecule has 1 aliphatic rings. The number of hydrogen-bond donors (Lipinski definition) is 1. The van der Waals surface area contributed by atoms with E-state index in [-0.39, 0.29) is 17.3 Å². The predicted molar refractivity (Wildman–Crippen MR) is 89.7 cm³/mol. The first-order valence-electron chi connectivity index (χ1n) is 8.56. The molecule has 7 nitrogen and oxygen atoms in total. The molecule has 1 aromatic heterocycles. The van der Waals surface area contributed by atoms with E-state index in [0.717, 1.165) is 6.07 Å². The van der Waals surface area contributed by atoms with Crippen LogP contribution in [-0.2, 0) is 20.0 Å². The molecule has 1 N–H and O–H groups in total. The number of halogens is 4. The normalized spacial score (nSPS) is 17.1. The lowest BCUT2D eigenvalue weighted by atomic mass is 10.1. The maximum absolute atomic E-state index is 13.2. The number of nitrogens with zero attached hydrogens (tertiary/aromatic N) is 3. The molecule has 1 unspecified atom stereocenters. The third-order valence-electron chi connectivity index (χ3n) is 4.47. The second-order valence-corrected chi connectivity index (χ2v) is 6.43. The molecule has 28 heavy (non-hydrogen) atoms. The summed E-state index contributed by atoms with van der Waals surface area (Å²) in [5.41, 5.74) is -0.532. The van der Waals surface area contributed by atoms with Crippen LogP contribution >= 0.6 is 0 Å². The van der Waals surface area contributed by atoms with Gasteiger partial charge in [-0.3, -0.25) is 9.36 Å². The number of rotatable bonds is 5. The summed E-state index contributed by atoms with van der Waals surface area (Å²) in [6, 6.07) is 4.60. The van der Waals surface area contributed by atoms with Crippen LogP contribution in [0.2, 0.25) is 0 Å². The zero-order chi connectivity index (χ0) is 20.5. The number of amides is 1. The summed E-state index contributed by atoms with van der Waals surface area (Å²) in [7, 11) is 1.55. The average molecular weight is 402 g/mol. The van der Waals surface area contributed by atoms with Gasteiger partial charge in [0, 0.05) is 26.1 Å². The van der Waals surface area contributed by atoms with Crippen LogP contribution in [0.1, 0.15) is 29.0 Å². The Morgan fingerprint density at radius 3 is 2.75 bits per heavy atom. The second-order valence-electron chi connectivity index (χ2n) is 6.43. The van der Waals surface area contributed by atoms with E-state index in [1.807, 2.05) is 0 Å². The minimum atomic E-state index is -4.71. The van der Waals surface area contributed by atoms with Crippen molar-refractivity contribution < 1.29 is 27.1 Å². The molecule has 1 amide bonds. The number of benzene rings is 1. The molecule has 11 heteroatoms. The van der Waals surface area contributed by atoms with Crippen molar-refractivity contribution in [2.24, 2.45) is 7.05 Å². The van der Waals surface area contributed by atoms with Gasteiger partial charge in [-0.15, -0.1) is 0 Å². The molecule has 0 spiro atoms. The lowest BCUT2D eigenvalue weighted by molar-refractivity contribution is -0.253. The van der Waals surface area contributed by atoms with Gasteiger partial charge in [-0.25, -0.2) is 9.48 Å². The maximum atomic E-state index is 13.2. The number of fused-ring (bicyclic) bond motifs is 1. The number of aromatic nitrogens is 3. The Hall–Kier alpha value is -2.85. The Kier molecular flexibility index (Phi) is 5.43. The van der Waals surface area contributed by atoms with E-state index in [0.29, 0.717) is 31.6 Å². The van der Waals surface area contributed by atoms with Gasteiger partial charge in [0.1, 0.15) is 11.6 Å². The number of aryl methyl sites for hydroxylation is 2. The zero-order valence-corrected chi connectivity index (χ0v) is 14.9. The van der Waals surface area contributed by atoms with Crippen LogP contribution in [0.15, 0.2) is 29.1 Å². The average Bonchev–Trinajstić information content (AvgIpc) is 2.79. The Labute approximate surface area is 156 Å². The number of hydrogen-bond acceptors (Lipinski definition) is 4. The number of ether oxygens (including phenoxy) is 1. The quantitative estimate of drug-likeness (QED) is 0.776. The summed E-state index contributed by atoms with van der Waals surface area (Å²) >= 11 is 0. The fourth-order valence-electron chi connectivity index (χ4n) is 3.04. The van der Waals surface area contributed by atoms with Crippen LogP contribution in [0.25, 0.3) is 0 Å². The van der Waals surface area contributed by atoms with Crippen molar-refractivity contribution in [1.82, 2.24) is 19.7 Å². The van der Waals surface area contributed by atoms with Crippen molar-refractivity contribution >= 4 is 5.91 Å². The van der Waals surface area contributed by atoms with Crippen LogP contribution in [0.3, 0.4) is 0 Å². The molecule has 0 saturated carbocycles. The summed E-state index contributed by atoms with van der Waals surface area (Å²) in [6.45, 7) is 0.342. The highest BCUT2D eigenvalue weighted by Gasteiger charge is 2.44. The molecule has 0 aliphatic carbocycles. The highest BCUT2D eigenvalue weighted by atomic mass is 19.3. The van der Waals surface area contributed by atoms with Gasteiger partial charge in [0.2, 0.25) is 0 Å². The van der Waals surface area contributed by atoms with E-state index in [1.165, 1.54) is 27.4 Å². The van der Waals surface area contributed by atoms with E-state index < -0.39 is 24.2 Å². The Bertz CT molecular complexity index is 925. The smallest absolute Gasteiger partial charge is 0.427 e. The summed E-state index contributed by atoms with van der Waals surface area (Å²) in [5.74, 6) is -0.761. The highest BCUT2D eigenvalue weighted by Crippen LogP contribution is 2.30. The van der Waals surface area contributed by atoms with Crippen molar-refractivity contribution in [3.8, 4) is 5.75 Å². The van der Waals surface area contributed by atoms with Gasteiger partial charge in [0.25, 0.3) is 5.91 Å². The molecule has 0 radical (unpaired) electrons. The molecule has 2 aromatic rings. The standard InChI is InChI=1S/C17H18F4N4O3/c1-24-16(27)25-9-8-10(6-7-13(25)23-24)22-14(26)11-4-2-3-5-12(11)28-17(20,21)15(18)19/h2-5,10,15H,6-9H2,1H3,(H,22,26).